The highest BCUT2D eigenvalue weighted by Gasteiger charge is 2.27. The van der Waals surface area contributed by atoms with Gasteiger partial charge in [-0.1, -0.05) is 6.92 Å². The van der Waals surface area contributed by atoms with Crippen molar-refractivity contribution in [1.29, 1.82) is 0 Å². The van der Waals surface area contributed by atoms with Crippen LogP contribution in [0.4, 0.5) is 9.59 Å². The lowest BCUT2D eigenvalue weighted by atomic mass is 9.97. The fourth-order valence-corrected chi connectivity index (χ4v) is 3.26. The molecule has 0 radical (unpaired) electrons. The summed E-state index contributed by atoms with van der Waals surface area (Å²) in [5.74, 6) is 0.430. The lowest BCUT2D eigenvalue weighted by Gasteiger charge is -2.35. The summed E-state index contributed by atoms with van der Waals surface area (Å²) in [6.45, 7) is 14.5. The van der Waals surface area contributed by atoms with Gasteiger partial charge in [-0.15, -0.1) is 0 Å². The summed E-state index contributed by atoms with van der Waals surface area (Å²) in [5.41, 5.74) is -0.455. The first kappa shape index (κ1) is 19.8. The molecule has 0 atom stereocenters. The minimum Gasteiger partial charge on any atom is -0.444 e. The highest BCUT2D eigenvalue weighted by Crippen LogP contribution is 2.19. The van der Waals surface area contributed by atoms with E-state index in [-0.39, 0.29) is 12.1 Å². The van der Waals surface area contributed by atoms with Crippen molar-refractivity contribution in [1.82, 2.24) is 20.0 Å². The Morgan fingerprint density at radius 2 is 1.60 bits per heavy atom. The maximum atomic E-state index is 12.3. The van der Waals surface area contributed by atoms with Crippen molar-refractivity contribution in [2.75, 3.05) is 52.4 Å². The van der Waals surface area contributed by atoms with Gasteiger partial charge in [-0.3, -0.25) is 0 Å². The average Bonchev–Trinajstić information content (AvgIpc) is 2.58. The summed E-state index contributed by atoms with van der Waals surface area (Å²) in [4.78, 5) is 30.4. The van der Waals surface area contributed by atoms with Crippen LogP contribution < -0.4 is 5.32 Å². The van der Waals surface area contributed by atoms with Crippen LogP contribution in [0.3, 0.4) is 0 Å². The number of amides is 3. The number of nitrogens with zero attached hydrogens (tertiary/aromatic N) is 3. The molecule has 0 aromatic heterocycles. The van der Waals surface area contributed by atoms with Crippen LogP contribution in [0.5, 0.6) is 0 Å². The van der Waals surface area contributed by atoms with E-state index in [0.29, 0.717) is 25.6 Å². The highest BCUT2D eigenvalue weighted by molar-refractivity contribution is 5.74. The van der Waals surface area contributed by atoms with Crippen molar-refractivity contribution in [3.63, 3.8) is 0 Å². The van der Waals surface area contributed by atoms with E-state index in [1.165, 1.54) is 0 Å². The number of nitrogens with one attached hydrogen (secondary N) is 1. The van der Waals surface area contributed by atoms with Crippen molar-refractivity contribution in [2.24, 2.45) is 5.92 Å². The minimum atomic E-state index is -0.455. The number of ether oxygens (including phenoxy) is 1. The van der Waals surface area contributed by atoms with E-state index in [0.717, 1.165) is 45.6 Å². The molecule has 0 aromatic rings. The molecule has 2 aliphatic rings. The molecule has 1 N–H and O–H groups in total. The first-order valence-electron chi connectivity index (χ1n) is 9.51. The Hall–Kier alpha value is -1.50. The Labute approximate surface area is 151 Å². The van der Waals surface area contributed by atoms with Crippen LogP contribution in [0.15, 0.2) is 0 Å². The Kier molecular flexibility index (Phi) is 6.93. The smallest absolute Gasteiger partial charge is 0.410 e. The number of hydrogen-bond acceptors (Lipinski definition) is 4. The average molecular weight is 354 g/mol. The van der Waals surface area contributed by atoms with Gasteiger partial charge in [0.15, 0.2) is 0 Å². The van der Waals surface area contributed by atoms with Gasteiger partial charge < -0.3 is 24.8 Å². The predicted molar refractivity (Wildman–Crippen MR) is 97.6 cm³/mol. The third-order valence-corrected chi connectivity index (χ3v) is 4.91. The van der Waals surface area contributed by atoms with E-state index < -0.39 is 5.60 Å². The fraction of sp³-hybridized carbons (Fsp3) is 0.889. The van der Waals surface area contributed by atoms with Crippen molar-refractivity contribution in [3.8, 4) is 0 Å². The molecule has 3 amide bonds. The molecule has 7 nitrogen and oxygen atoms in total. The first-order valence-corrected chi connectivity index (χ1v) is 9.51. The van der Waals surface area contributed by atoms with E-state index in [1.807, 2.05) is 25.7 Å². The Morgan fingerprint density at radius 3 is 2.12 bits per heavy atom. The number of likely N-dealkylation sites (N-methyl/N-ethyl adjacent to an activating group) is 1. The number of piperidine rings is 1. The van der Waals surface area contributed by atoms with Crippen molar-refractivity contribution in [2.45, 2.75) is 46.1 Å². The number of rotatable bonds is 3. The standard InChI is InChI=1S/C18H34N4O3/c1-5-20-10-12-21(13-11-20)16(23)19-14-15-6-8-22(9-7-15)17(24)25-18(2,3)4/h15H,5-14H2,1-4H3,(H,19,23). The van der Waals surface area contributed by atoms with Gasteiger partial charge in [0.25, 0.3) is 0 Å². The molecule has 144 valence electrons. The largest absolute Gasteiger partial charge is 0.444 e. The fourth-order valence-electron chi connectivity index (χ4n) is 3.26. The maximum absolute atomic E-state index is 12.3. The van der Waals surface area contributed by atoms with Gasteiger partial charge in [0.05, 0.1) is 0 Å². The molecule has 0 spiro atoms. The third kappa shape index (κ3) is 6.38. The minimum absolute atomic E-state index is 0.0466. The second-order valence-corrected chi connectivity index (χ2v) is 8.02. The molecule has 0 aromatic carbocycles. The van der Waals surface area contributed by atoms with Crippen LogP contribution in [0, 0.1) is 5.92 Å². The van der Waals surface area contributed by atoms with Gasteiger partial charge in [0, 0.05) is 45.8 Å². The van der Waals surface area contributed by atoms with Gasteiger partial charge in [0.1, 0.15) is 5.60 Å². The summed E-state index contributed by atoms with van der Waals surface area (Å²) < 4.78 is 5.41. The highest BCUT2D eigenvalue weighted by atomic mass is 16.6. The molecule has 2 saturated heterocycles. The number of likely N-dealkylation sites (tertiary alicyclic amines) is 1. The maximum Gasteiger partial charge on any atom is 0.410 e. The summed E-state index contributed by atoms with van der Waals surface area (Å²) >= 11 is 0. The Balaban J connectivity index is 1.65. The molecule has 2 heterocycles. The second kappa shape index (κ2) is 8.74. The zero-order chi connectivity index (χ0) is 18.4. The van der Waals surface area contributed by atoms with Gasteiger partial charge in [-0.25, -0.2) is 9.59 Å². The monoisotopic (exact) mass is 354 g/mol. The number of carbonyl (C=O) groups excluding carboxylic acids is 2. The molecule has 0 saturated carbocycles. The molecule has 0 aliphatic carbocycles. The Morgan fingerprint density at radius 1 is 1.00 bits per heavy atom. The predicted octanol–water partition coefficient (Wildman–Crippen LogP) is 1.98. The number of hydrogen-bond donors (Lipinski definition) is 1. The van der Waals surface area contributed by atoms with Crippen LogP contribution in [0.25, 0.3) is 0 Å². The first-order chi connectivity index (χ1) is 11.8. The lowest BCUT2D eigenvalue weighted by molar-refractivity contribution is 0.0184. The zero-order valence-corrected chi connectivity index (χ0v) is 16.2. The molecule has 0 unspecified atom stereocenters. The lowest BCUT2D eigenvalue weighted by Crippen LogP contribution is -2.52. The molecular formula is C18H34N4O3. The topological polar surface area (TPSA) is 65.1 Å². The summed E-state index contributed by atoms with van der Waals surface area (Å²) in [6.07, 6.45) is 1.58. The summed E-state index contributed by atoms with van der Waals surface area (Å²) in [5, 5.41) is 3.07. The third-order valence-electron chi connectivity index (χ3n) is 4.91. The molecule has 2 fully saturated rings. The van der Waals surface area contributed by atoms with Crippen molar-refractivity contribution in [3.05, 3.63) is 0 Å². The van der Waals surface area contributed by atoms with E-state index in [4.69, 9.17) is 4.74 Å². The van der Waals surface area contributed by atoms with Crippen LogP contribution in [0.2, 0.25) is 0 Å². The van der Waals surface area contributed by atoms with E-state index >= 15 is 0 Å². The SMILES string of the molecule is CCN1CCN(C(=O)NCC2CCN(C(=O)OC(C)(C)C)CC2)CC1. The number of piperazine rings is 1. The summed E-state index contributed by atoms with van der Waals surface area (Å²) in [7, 11) is 0. The van der Waals surface area contributed by atoms with E-state index in [1.54, 1.807) is 4.90 Å². The van der Waals surface area contributed by atoms with Crippen LogP contribution >= 0.6 is 0 Å². The molecule has 7 heteroatoms. The van der Waals surface area contributed by atoms with Gasteiger partial charge in [-0.05, 0) is 46.1 Å². The molecule has 2 rings (SSSR count). The van der Waals surface area contributed by atoms with E-state index in [2.05, 4.69) is 17.1 Å². The van der Waals surface area contributed by atoms with Crippen LogP contribution in [-0.4, -0.2) is 84.8 Å². The van der Waals surface area contributed by atoms with Gasteiger partial charge in [0.2, 0.25) is 0 Å². The van der Waals surface area contributed by atoms with Gasteiger partial charge >= 0.3 is 12.1 Å². The zero-order valence-electron chi connectivity index (χ0n) is 16.2. The van der Waals surface area contributed by atoms with E-state index in [9.17, 15) is 9.59 Å². The summed E-state index contributed by atoms with van der Waals surface area (Å²) in [6, 6.07) is 0.0466. The molecule has 2 aliphatic heterocycles. The number of carbonyl (C=O) groups is 2. The molecular weight excluding hydrogens is 320 g/mol. The Bertz CT molecular complexity index is 448. The van der Waals surface area contributed by atoms with Gasteiger partial charge in [-0.2, -0.15) is 0 Å². The molecule has 0 bridgehead atoms. The second-order valence-electron chi connectivity index (χ2n) is 8.02. The number of urea groups is 1. The van der Waals surface area contributed by atoms with Crippen molar-refractivity contribution < 1.29 is 14.3 Å². The molecule has 25 heavy (non-hydrogen) atoms. The normalized spacial score (nSPS) is 20.5. The van der Waals surface area contributed by atoms with Crippen LogP contribution in [0.1, 0.15) is 40.5 Å². The quantitative estimate of drug-likeness (QED) is 0.842. The van der Waals surface area contributed by atoms with Crippen molar-refractivity contribution >= 4 is 12.1 Å². The van der Waals surface area contributed by atoms with Crippen LogP contribution in [-0.2, 0) is 4.74 Å².